The van der Waals surface area contributed by atoms with Gasteiger partial charge in [0.15, 0.2) is 6.23 Å². The number of benzene rings is 2. The van der Waals surface area contributed by atoms with E-state index in [9.17, 15) is 9.59 Å². The van der Waals surface area contributed by atoms with Crippen molar-refractivity contribution in [2.45, 2.75) is 91.6 Å². The van der Waals surface area contributed by atoms with Crippen molar-refractivity contribution in [1.29, 1.82) is 0 Å². The van der Waals surface area contributed by atoms with Crippen LogP contribution in [0.25, 0.3) is 10.8 Å². The topological polar surface area (TPSA) is 73.9 Å². The third-order valence-electron chi connectivity index (χ3n) is 4.60. The minimum atomic E-state index is -0.571. The van der Waals surface area contributed by atoms with Gasteiger partial charge in [-0.25, -0.2) is 4.79 Å². The number of hydrogen-bond acceptors (Lipinski definition) is 5. The van der Waals surface area contributed by atoms with Crippen LogP contribution in [0.4, 0.5) is 4.79 Å². The molecule has 6 nitrogen and oxygen atoms in total. The van der Waals surface area contributed by atoms with Gasteiger partial charge >= 0.3 is 12.1 Å². The number of amides is 1. The standard InChI is InChI=1S/C26H37NO5/c1-9-10-22(27-24(29)32-26(6,7)8)30-21-14-13-19-15-18(11-12-20(19)16-21)17(2)23(28)31-25(3,4)5/h11-17,22H,9-10H2,1-8H3,(H,27,29)/t17-,22?/m0/s1. The van der Waals surface area contributed by atoms with Crippen molar-refractivity contribution in [3.63, 3.8) is 0 Å². The van der Waals surface area contributed by atoms with E-state index in [1.807, 2.05) is 91.8 Å². The molecule has 0 aliphatic heterocycles. The van der Waals surface area contributed by atoms with E-state index in [1.54, 1.807) is 0 Å². The van der Waals surface area contributed by atoms with Gasteiger partial charge in [-0.05, 0) is 76.9 Å². The number of carbonyl (C=O) groups excluding carboxylic acids is 2. The number of nitrogens with one attached hydrogen (secondary N) is 1. The van der Waals surface area contributed by atoms with Crippen molar-refractivity contribution in [1.82, 2.24) is 5.32 Å². The van der Waals surface area contributed by atoms with Crippen LogP contribution in [0.5, 0.6) is 5.75 Å². The molecule has 0 radical (unpaired) electrons. The van der Waals surface area contributed by atoms with E-state index in [0.717, 1.165) is 22.8 Å². The van der Waals surface area contributed by atoms with Crippen LogP contribution < -0.4 is 10.1 Å². The summed E-state index contributed by atoms with van der Waals surface area (Å²) in [4.78, 5) is 24.6. The number of alkyl carbamates (subject to hydrolysis) is 1. The third-order valence-corrected chi connectivity index (χ3v) is 4.60. The normalized spacial score (nSPS) is 13.9. The van der Waals surface area contributed by atoms with Crippen molar-refractivity contribution in [3.8, 4) is 5.75 Å². The molecule has 2 aromatic carbocycles. The molecular weight excluding hydrogens is 406 g/mol. The molecule has 1 N–H and O–H groups in total. The van der Waals surface area contributed by atoms with Gasteiger partial charge in [-0.1, -0.05) is 37.6 Å². The number of rotatable bonds is 7. The van der Waals surface area contributed by atoms with E-state index in [2.05, 4.69) is 5.32 Å². The molecule has 0 heterocycles. The molecular formula is C26H37NO5. The maximum Gasteiger partial charge on any atom is 0.410 e. The van der Waals surface area contributed by atoms with Crippen molar-refractivity contribution >= 4 is 22.8 Å². The van der Waals surface area contributed by atoms with E-state index < -0.39 is 23.5 Å². The lowest BCUT2D eigenvalue weighted by atomic mass is 9.97. The van der Waals surface area contributed by atoms with Gasteiger partial charge in [-0.15, -0.1) is 0 Å². The zero-order chi connectivity index (χ0) is 24.1. The fourth-order valence-electron chi connectivity index (χ4n) is 3.14. The fraction of sp³-hybridized carbons (Fsp3) is 0.538. The molecule has 0 fully saturated rings. The third kappa shape index (κ3) is 8.06. The molecule has 32 heavy (non-hydrogen) atoms. The van der Waals surface area contributed by atoms with E-state index in [1.165, 1.54) is 0 Å². The number of hydrogen-bond donors (Lipinski definition) is 1. The number of carbonyl (C=O) groups is 2. The van der Waals surface area contributed by atoms with Gasteiger partial charge in [0.25, 0.3) is 0 Å². The molecule has 0 aliphatic rings. The lowest BCUT2D eigenvalue weighted by molar-refractivity contribution is -0.156. The Hall–Kier alpha value is -2.76. The highest BCUT2D eigenvalue weighted by atomic mass is 16.6. The van der Waals surface area contributed by atoms with Crippen LogP contribution in [0, 0.1) is 0 Å². The SMILES string of the molecule is CCCC(NC(=O)OC(C)(C)C)Oc1ccc2cc([C@H](C)C(=O)OC(C)(C)C)ccc2c1. The Kier molecular flexibility index (Phi) is 8.16. The number of fused-ring (bicyclic) bond motifs is 1. The maximum atomic E-state index is 12.4. The Morgan fingerprint density at radius 3 is 2.09 bits per heavy atom. The average molecular weight is 444 g/mol. The quantitative estimate of drug-likeness (QED) is 0.401. The fourth-order valence-corrected chi connectivity index (χ4v) is 3.14. The zero-order valence-electron chi connectivity index (χ0n) is 20.6. The Bertz CT molecular complexity index is 939. The monoisotopic (exact) mass is 443 g/mol. The lowest BCUT2D eigenvalue weighted by Crippen LogP contribution is -2.42. The summed E-state index contributed by atoms with van der Waals surface area (Å²) in [7, 11) is 0. The Labute approximate surface area is 191 Å². The molecule has 0 bridgehead atoms. The second-order valence-corrected chi connectivity index (χ2v) is 10.1. The lowest BCUT2D eigenvalue weighted by Gasteiger charge is -2.24. The van der Waals surface area contributed by atoms with Crippen LogP contribution in [0.15, 0.2) is 36.4 Å². The zero-order valence-corrected chi connectivity index (χ0v) is 20.6. The Balaban J connectivity index is 2.14. The predicted molar refractivity (Wildman–Crippen MR) is 127 cm³/mol. The van der Waals surface area contributed by atoms with Crippen LogP contribution in [0.1, 0.15) is 79.7 Å². The summed E-state index contributed by atoms with van der Waals surface area (Å²) in [5, 5.41) is 4.77. The molecule has 176 valence electrons. The maximum absolute atomic E-state index is 12.4. The molecule has 2 aromatic rings. The summed E-state index contributed by atoms with van der Waals surface area (Å²) in [5.74, 6) is 0.0499. The second-order valence-electron chi connectivity index (χ2n) is 10.1. The minimum absolute atomic E-state index is 0.243. The van der Waals surface area contributed by atoms with Gasteiger partial charge in [0.2, 0.25) is 0 Å². The van der Waals surface area contributed by atoms with Crippen LogP contribution in [0.3, 0.4) is 0 Å². The summed E-state index contributed by atoms with van der Waals surface area (Å²) in [6, 6.07) is 11.6. The molecule has 0 saturated carbocycles. The van der Waals surface area contributed by atoms with Crippen LogP contribution in [0.2, 0.25) is 0 Å². The summed E-state index contributed by atoms with van der Waals surface area (Å²) >= 11 is 0. The molecule has 0 saturated heterocycles. The first-order chi connectivity index (χ1) is 14.8. The molecule has 0 aliphatic carbocycles. The molecule has 0 spiro atoms. The molecule has 6 heteroatoms. The van der Waals surface area contributed by atoms with E-state index >= 15 is 0 Å². The van der Waals surface area contributed by atoms with Crippen molar-refractivity contribution in [2.75, 3.05) is 0 Å². The first-order valence-corrected chi connectivity index (χ1v) is 11.2. The van der Waals surface area contributed by atoms with Gasteiger partial charge in [-0.3, -0.25) is 10.1 Å². The first kappa shape index (κ1) is 25.5. The predicted octanol–water partition coefficient (Wildman–Crippen LogP) is 6.31. The summed E-state index contributed by atoms with van der Waals surface area (Å²) in [6.07, 6.45) is 0.514. The van der Waals surface area contributed by atoms with Crippen molar-refractivity contribution < 1.29 is 23.8 Å². The summed E-state index contributed by atoms with van der Waals surface area (Å²) in [5.41, 5.74) is -0.190. The van der Waals surface area contributed by atoms with Crippen LogP contribution >= 0.6 is 0 Å². The molecule has 2 rings (SSSR count). The van der Waals surface area contributed by atoms with E-state index in [-0.39, 0.29) is 11.9 Å². The van der Waals surface area contributed by atoms with Gasteiger partial charge in [0, 0.05) is 6.42 Å². The average Bonchev–Trinajstić information content (AvgIpc) is 2.64. The summed E-state index contributed by atoms with van der Waals surface area (Å²) in [6.45, 7) is 14.9. The van der Waals surface area contributed by atoms with Crippen LogP contribution in [-0.2, 0) is 14.3 Å². The van der Waals surface area contributed by atoms with Crippen molar-refractivity contribution in [2.24, 2.45) is 0 Å². The van der Waals surface area contributed by atoms with Crippen molar-refractivity contribution in [3.05, 3.63) is 42.0 Å². The molecule has 1 amide bonds. The van der Waals surface area contributed by atoms with E-state index in [0.29, 0.717) is 12.2 Å². The van der Waals surface area contributed by atoms with Gasteiger partial charge in [0.1, 0.15) is 17.0 Å². The highest BCUT2D eigenvalue weighted by Gasteiger charge is 2.23. The Morgan fingerprint density at radius 1 is 0.906 bits per heavy atom. The highest BCUT2D eigenvalue weighted by Crippen LogP contribution is 2.27. The number of esters is 1. The molecule has 1 unspecified atom stereocenters. The smallest absolute Gasteiger partial charge is 0.410 e. The van der Waals surface area contributed by atoms with Gasteiger partial charge in [-0.2, -0.15) is 0 Å². The minimum Gasteiger partial charge on any atom is -0.471 e. The Morgan fingerprint density at radius 2 is 1.50 bits per heavy atom. The summed E-state index contributed by atoms with van der Waals surface area (Å²) < 4.78 is 16.9. The first-order valence-electron chi connectivity index (χ1n) is 11.2. The van der Waals surface area contributed by atoms with E-state index in [4.69, 9.17) is 14.2 Å². The molecule has 0 aromatic heterocycles. The van der Waals surface area contributed by atoms with Crippen LogP contribution in [-0.4, -0.2) is 29.5 Å². The highest BCUT2D eigenvalue weighted by molar-refractivity contribution is 5.87. The van der Waals surface area contributed by atoms with Gasteiger partial charge in [0.05, 0.1) is 5.92 Å². The largest absolute Gasteiger partial charge is 0.471 e. The van der Waals surface area contributed by atoms with Gasteiger partial charge < -0.3 is 14.2 Å². The number of ether oxygens (including phenoxy) is 3. The second kappa shape index (κ2) is 10.2. The molecule has 2 atom stereocenters.